The van der Waals surface area contributed by atoms with E-state index in [9.17, 15) is 9.59 Å². The first-order valence-corrected chi connectivity index (χ1v) is 6.58. The highest BCUT2D eigenvalue weighted by molar-refractivity contribution is 5.79. The maximum absolute atomic E-state index is 11.7. The third-order valence-electron chi connectivity index (χ3n) is 2.76. The number of amides is 1. The predicted molar refractivity (Wildman–Crippen MR) is 71.4 cm³/mol. The van der Waals surface area contributed by atoms with Crippen molar-refractivity contribution in [2.75, 3.05) is 19.6 Å². The van der Waals surface area contributed by atoms with Crippen molar-refractivity contribution in [3.63, 3.8) is 0 Å². The van der Waals surface area contributed by atoms with E-state index in [4.69, 9.17) is 5.11 Å². The number of hydrogen-bond acceptors (Lipinski definition) is 3. The Balaban J connectivity index is 3.96. The Hall–Kier alpha value is -1.10. The lowest BCUT2D eigenvalue weighted by Gasteiger charge is -2.20. The zero-order valence-corrected chi connectivity index (χ0v) is 11.9. The SMILES string of the molecule is CCN(CC(=O)O)CC(=O)NC(C)CCC(C)C. The fraction of sp³-hybridized carbons (Fsp3) is 0.846. The third kappa shape index (κ3) is 8.98. The maximum atomic E-state index is 11.7. The molecule has 0 rings (SSSR count). The van der Waals surface area contributed by atoms with Crippen molar-refractivity contribution in [3.05, 3.63) is 0 Å². The summed E-state index contributed by atoms with van der Waals surface area (Å²) in [6, 6.07) is 0.142. The van der Waals surface area contributed by atoms with Gasteiger partial charge in [-0.25, -0.2) is 0 Å². The number of carbonyl (C=O) groups is 2. The number of nitrogens with zero attached hydrogens (tertiary/aromatic N) is 1. The van der Waals surface area contributed by atoms with E-state index in [2.05, 4.69) is 19.2 Å². The molecule has 0 fully saturated rings. The number of likely N-dealkylation sites (N-methyl/N-ethyl adjacent to an activating group) is 1. The Morgan fingerprint density at radius 3 is 2.22 bits per heavy atom. The number of carboxylic acid groups (broad SMARTS) is 1. The van der Waals surface area contributed by atoms with Crippen LogP contribution < -0.4 is 5.32 Å². The van der Waals surface area contributed by atoms with Gasteiger partial charge in [0, 0.05) is 6.04 Å². The number of carbonyl (C=O) groups excluding carboxylic acids is 1. The van der Waals surface area contributed by atoms with Gasteiger partial charge in [0.15, 0.2) is 0 Å². The highest BCUT2D eigenvalue weighted by Gasteiger charge is 2.14. The lowest BCUT2D eigenvalue weighted by atomic mass is 10.0. The van der Waals surface area contributed by atoms with E-state index in [0.29, 0.717) is 12.5 Å². The Bertz CT molecular complexity index is 267. The van der Waals surface area contributed by atoms with Crippen molar-refractivity contribution in [2.24, 2.45) is 5.92 Å². The first-order chi connectivity index (χ1) is 8.35. The Labute approximate surface area is 110 Å². The van der Waals surface area contributed by atoms with Crippen LogP contribution in [0.15, 0.2) is 0 Å². The number of aliphatic carboxylic acids is 1. The standard InChI is InChI=1S/C13H26N2O3/c1-5-15(9-13(17)18)8-12(16)14-11(4)7-6-10(2)3/h10-11H,5-9H2,1-4H3,(H,14,16)(H,17,18). The number of carboxylic acids is 1. The van der Waals surface area contributed by atoms with E-state index in [1.165, 1.54) is 0 Å². The fourth-order valence-corrected chi connectivity index (χ4v) is 1.65. The van der Waals surface area contributed by atoms with Gasteiger partial charge in [-0.05, 0) is 32.2 Å². The summed E-state index contributed by atoms with van der Waals surface area (Å²) in [5.74, 6) is -0.379. The molecule has 0 aromatic heterocycles. The van der Waals surface area contributed by atoms with Gasteiger partial charge < -0.3 is 10.4 Å². The lowest BCUT2D eigenvalue weighted by molar-refractivity contribution is -0.138. The minimum atomic E-state index is -0.905. The minimum absolute atomic E-state index is 0.0930. The van der Waals surface area contributed by atoms with Gasteiger partial charge in [0.1, 0.15) is 0 Å². The molecule has 0 aliphatic carbocycles. The van der Waals surface area contributed by atoms with Crippen LogP contribution in [0.2, 0.25) is 0 Å². The van der Waals surface area contributed by atoms with E-state index < -0.39 is 5.97 Å². The largest absolute Gasteiger partial charge is 0.480 e. The average Bonchev–Trinajstić information content (AvgIpc) is 2.24. The second-order valence-corrected chi connectivity index (χ2v) is 5.14. The van der Waals surface area contributed by atoms with Crippen LogP contribution in [0, 0.1) is 5.92 Å². The summed E-state index contributed by atoms with van der Waals surface area (Å²) in [5.41, 5.74) is 0. The first kappa shape index (κ1) is 16.9. The van der Waals surface area contributed by atoms with Gasteiger partial charge in [-0.2, -0.15) is 0 Å². The summed E-state index contributed by atoms with van der Waals surface area (Å²) < 4.78 is 0. The van der Waals surface area contributed by atoms with Crippen molar-refractivity contribution in [1.29, 1.82) is 0 Å². The molecule has 0 bridgehead atoms. The highest BCUT2D eigenvalue weighted by Crippen LogP contribution is 2.06. The molecule has 1 unspecified atom stereocenters. The van der Waals surface area contributed by atoms with Crippen molar-refractivity contribution < 1.29 is 14.7 Å². The molecule has 2 N–H and O–H groups in total. The maximum Gasteiger partial charge on any atom is 0.317 e. The van der Waals surface area contributed by atoms with Crippen LogP contribution >= 0.6 is 0 Å². The fourth-order valence-electron chi connectivity index (χ4n) is 1.65. The first-order valence-electron chi connectivity index (χ1n) is 6.58. The molecule has 0 aromatic rings. The zero-order chi connectivity index (χ0) is 14.1. The molecule has 5 heteroatoms. The monoisotopic (exact) mass is 258 g/mol. The Morgan fingerprint density at radius 2 is 1.78 bits per heavy atom. The second-order valence-electron chi connectivity index (χ2n) is 5.14. The molecule has 5 nitrogen and oxygen atoms in total. The van der Waals surface area contributed by atoms with Crippen molar-refractivity contribution in [2.45, 2.75) is 46.6 Å². The van der Waals surface area contributed by atoms with Crippen molar-refractivity contribution in [3.8, 4) is 0 Å². The van der Waals surface area contributed by atoms with Crippen LogP contribution in [-0.4, -0.2) is 47.6 Å². The molecule has 0 aromatic carbocycles. The molecule has 0 aliphatic rings. The molecule has 0 saturated carbocycles. The average molecular weight is 258 g/mol. The molecule has 0 saturated heterocycles. The molecule has 106 valence electrons. The molecule has 0 aliphatic heterocycles. The summed E-state index contributed by atoms with van der Waals surface area (Å²) in [6.45, 7) is 8.74. The number of rotatable bonds is 9. The van der Waals surface area contributed by atoms with Gasteiger partial charge in [-0.15, -0.1) is 0 Å². The molecule has 1 atom stereocenters. The van der Waals surface area contributed by atoms with Crippen LogP contribution in [0.3, 0.4) is 0 Å². The molecule has 0 radical (unpaired) electrons. The molecule has 0 heterocycles. The van der Waals surface area contributed by atoms with Crippen LogP contribution in [0.4, 0.5) is 0 Å². The zero-order valence-electron chi connectivity index (χ0n) is 11.9. The third-order valence-corrected chi connectivity index (χ3v) is 2.76. The summed E-state index contributed by atoms with van der Waals surface area (Å²) in [6.07, 6.45) is 2.03. The van der Waals surface area contributed by atoms with Gasteiger partial charge in [0.2, 0.25) is 5.91 Å². The predicted octanol–water partition coefficient (Wildman–Crippen LogP) is 1.33. The van der Waals surface area contributed by atoms with Crippen LogP contribution in [0.5, 0.6) is 0 Å². The summed E-state index contributed by atoms with van der Waals surface area (Å²) >= 11 is 0. The number of hydrogen-bond donors (Lipinski definition) is 2. The summed E-state index contributed by atoms with van der Waals surface area (Å²) in [7, 11) is 0. The Kier molecular flexibility index (Phi) is 8.37. The van der Waals surface area contributed by atoms with E-state index >= 15 is 0 Å². The van der Waals surface area contributed by atoms with Gasteiger partial charge in [-0.1, -0.05) is 20.8 Å². The van der Waals surface area contributed by atoms with E-state index in [0.717, 1.165) is 12.8 Å². The van der Waals surface area contributed by atoms with Gasteiger partial charge in [0.25, 0.3) is 0 Å². The van der Waals surface area contributed by atoms with Gasteiger partial charge in [-0.3, -0.25) is 14.5 Å². The summed E-state index contributed by atoms with van der Waals surface area (Å²) in [4.78, 5) is 23.9. The molecular formula is C13H26N2O3. The molecular weight excluding hydrogens is 232 g/mol. The Morgan fingerprint density at radius 1 is 1.17 bits per heavy atom. The lowest BCUT2D eigenvalue weighted by Crippen LogP contribution is -2.42. The van der Waals surface area contributed by atoms with Crippen LogP contribution in [0.1, 0.15) is 40.5 Å². The van der Waals surface area contributed by atoms with Crippen molar-refractivity contribution in [1.82, 2.24) is 10.2 Å². The van der Waals surface area contributed by atoms with E-state index in [-0.39, 0.29) is 25.0 Å². The minimum Gasteiger partial charge on any atom is -0.480 e. The van der Waals surface area contributed by atoms with Gasteiger partial charge in [0.05, 0.1) is 13.1 Å². The van der Waals surface area contributed by atoms with Gasteiger partial charge >= 0.3 is 5.97 Å². The summed E-state index contributed by atoms with van der Waals surface area (Å²) in [5, 5.41) is 11.6. The quantitative estimate of drug-likeness (QED) is 0.654. The van der Waals surface area contributed by atoms with Crippen LogP contribution in [-0.2, 0) is 9.59 Å². The van der Waals surface area contributed by atoms with Crippen LogP contribution in [0.25, 0.3) is 0 Å². The normalized spacial score (nSPS) is 12.8. The molecule has 1 amide bonds. The highest BCUT2D eigenvalue weighted by atomic mass is 16.4. The topological polar surface area (TPSA) is 69.6 Å². The number of nitrogens with one attached hydrogen (secondary N) is 1. The van der Waals surface area contributed by atoms with E-state index in [1.54, 1.807) is 4.90 Å². The second kappa shape index (κ2) is 8.91. The molecule has 0 spiro atoms. The van der Waals surface area contributed by atoms with E-state index in [1.807, 2.05) is 13.8 Å². The van der Waals surface area contributed by atoms with Crippen molar-refractivity contribution >= 4 is 11.9 Å². The molecule has 18 heavy (non-hydrogen) atoms. The smallest absolute Gasteiger partial charge is 0.317 e.